The standard InChI is InChI=1S/C13H22O2/c1-10(2)6-8-13(12(14)15)7-4-5-11(3)9-13/h6,11H,4-5,7-9H2,1-3H3,(H,14,15). The number of hydrogen-bond acceptors (Lipinski definition) is 1. The molecule has 0 amide bonds. The van der Waals surface area contributed by atoms with Crippen LogP contribution in [0.2, 0.25) is 0 Å². The Morgan fingerprint density at radius 1 is 1.53 bits per heavy atom. The lowest BCUT2D eigenvalue weighted by Gasteiger charge is -2.35. The smallest absolute Gasteiger partial charge is 0.309 e. The van der Waals surface area contributed by atoms with Gasteiger partial charge in [-0.1, -0.05) is 31.4 Å². The number of rotatable bonds is 3. The van der Waals surface area contributed by atoms with Crippen molar-refractivity contribution < 1.29 is 9.90 Å². The van der Waals surface area contributed by atoms with Crippen molar-refractivity contribution in [1.29, 1.82) is 0 Å². The van der Waals surface area contributed by atoms with Crippen LogP contribution in [0.3, 0.4) is 0 Å². The fraction of sp³-hybridized carbons (Fsp3) is 0.769. The van der Waals surface area contributed by atoms with E-state index in [2.05, 4.69) is 13.0 Å². The summed E-state index contributed by atoms with van der Waals surface area (Å²) in [6, 6.07) is 0. The Balaban J connectivity index is 2.78. The molecule has 0 aromatic carbocycles. The molecule has 0 aliphatic heterocycles. The predicted molar refractivity (Wildman–Crippen MR) is 61.7 cm³/mol. The summed E-state index contributed by atoms with van der Waals surface area (Å²) in [5, 5.41) is 9.39. The average Bonchev–Trinajstić information content (AvgIpc) is 2.14. The molecule has 1 saturated carbocycles. The van der Waals surface area contributed by atoms with Crippen molar-refractivity contribution in [1.82, 2.24) is 0 Å². The fourth-order valence-electron chi connectivity index (χ4n) is 2.53. The Bertz CT molecular complexity index is 264. The zero-order valence-corrected chi connectivity index (χ0v) is 10.0. The number of aliphatic carboxylic acids is 1. The second-order valence-electron chi connectivity index (χ2n) is 5.27. The van der Waals surface area contributed by atoms with Crippen molar-refractivity contribution in [2.24, 2.45) is 11.3 Å². The van der Waals surface area contributed by atoms with E-state index in [1.54, 1.807) is 0 Å². The molecular formula is C13H22O2. The van der Waals surface area contributed by atoms with Gasteiger partial charge in [0.1, 0.15) is 0 Å². The van der Waals surface area contributed by atoms with Crippen LogP contribution in [-0.4, -0.2) is 11.1 Å². The molecule has 0 radical (unpaired) electrons. The summed E-state index contributed by atoms with van der Waals surface area (Å²) in [5.74, 6) is -0.0491. The van der Waals surface area contributed by atoms with E-state index in [4.69, 9.17) is 0 Å². The summed E-state index contributed by atoms with van der Waals surface area (Å²) in [7, 11) is 0. The van der Waals surface area contributed by atoms with E-state index in [1.807, 2.05) is 13.8 Å². The maximum atomic E-state index is 11.4. The molecule has 15 heavy (non-hydrogen) atoms. The van der Waals surface area contributed by atoms with E-state index in [1.165, 1.54) is 12.0 Å². The van der Waals surface area contributed by atoms with Crippen molar-refractivity contribution in [3.8, 4) is 0 Å². The molecule has 0 bridgehead atoms. The van der Waals surface area contributed by atoms with Gasteiger partial charge in [-0.15, -0.1) is 0 Å². The van der Waals surface area contributed by atoms with Crippen LogP contribution in [0, 0.1) is 11.3 Å². The third kappa shape index (κ3) is 3.08. The maximum absolute atomic E-state index is 11.4. The fourth-order valence-corrected chi connectivity index (χ4v) is 2.53. The third-order valence-corrected chi connectivity index (χ3v) is 3.45. The van der Waals surface area contributed by atoms with Crippen molar-refractivity contribution in [3.63, 3.8) is 0 Å². The Hall–Kier alpha value is -0.790. The van der Waals surface area contributed by atoms with Gasteiger partial charge in [-0.3, -0.25) is 4.79 Å². The number of hydrogen-bond donors (Lipinski definition) is 1. The minimum absolute atomic E-state index is 0.477. The van der Waals surface area contributed by atoms with Crippen LogP contribution in [0.5, 0.6) is 0 Å². The summed E-state index contributed by atoms with van der Waals surface area (Å²) < 4.78 is 0. The van der Waals surface area contributed by atoms with Gasteiger partial charge < -0.3 is 5.11 Å². The van der Waals surface area contributed by atoms with E-state index in [0.29, 0.717) is 12.3 Å². The molecule has 0 heterocycles. The molecule has 2 atom stereocenters. The van der Waals surface area contributed by atoms with Gasteiger partial charge in [0.2, 0.25) is 0 Å². The number of carbonyl (C=O) groups is 1. The summed E-state index contributed by atoms with van der Waals surface area (Å²) in [6.45, 7) is 6.23. The van der Waals surface area contributed by atoms with Crippen LogP contribution in [0.1, 0.15) is 52.9 Å². The van der Waals surface area contributed by atoms with Crippen molar-refractivity contribution in [3.05, 3.63) is 11.6 Å². The molecule has 0 saturated heterocycles. The molecule has 0 spiro atoms. The van der Waals surface area contributed by atoms with Gasteiger partial charge in [-0.25, -0.2) is 0 Å². The molecule has 2 heteroatoms. The number of carboxylic acids is 1. The topological polar surface area (TPSA) is 37.3 Å². The lowest BCUT2D eigenvalue weighted by Crippen LogP contribution is -2.35. The molecule has 86 valence electrons. The lowest BCUT2D eigenvalue weighted by atomic mass is 9.68. The van der Waals surface area contributed by atoms with E-state index in [9.17, 15) is 9.90 Å². The Kier molecular flexibility index (Phi) is 3.95. The van der Waals surface area contributed by atoms with Crippen LogP contribution in [0.25, 0.3) is 0 Å². The first kappa shape index (κ1) is 12.3. The first-order chi connectivity index (χ1) is 6.96. The second-order valence-corrected chi connectivity index (χ2v) is 5.27. The van der Waals surface area contributed by atoms with Gasteiger partial charge in [0.05, 0.1) is 5.41 Å². The van der Waals surface area contributed by atoms with Crippen LogP contribution in [0.15, 0.2) is 11.6 Å². The molecule has 0 aromatic heterocycles. The van der Waals surface area contributed by atoms with Crippen LogP contribution in [-0.2, 0) is 4.79 Å². The van der Waals surface area contributed by atoms with E-state index in [0.717, 1.165) is 19.3 Å². The van der Waals surface area contributed by atoms with Gasteiger partial charge in [-0.05, 0) is 39.0 Å². The summed E-state index contributed by atoms with van der Waals surface area (Å²) in [6.07, 6.45) is 6.71. The molecule has 1 aliphatic rings. The zero-order valence-electron chi connectivity index (χ0n) is 10.0. The molecule has 0 aromatic rings. The third-order valence-electron chi connectivity index (χ3n) is 3.45. The average molecular weight is 210 g/mol. The van der Waals surface area contributed by atoms with Gasteiger partial charge in [0.15, 0.2) is 0 Å². The molecule has 1 fully saturated rings. The molecule has 1 rings (SSSR count). The molecular weight excluding hydrogens is 188 g/mol. The normalized spacial score (nSPS) is 31.0. The highest BCUT2D eigenvalue weighted by molar-refractivity contribution is 5.75. The largest absolute Gasteiger partial charge is 0.481 e. The van der Waals surface area contributed by atoms with Crippen LogP contribution in [0.4, 0.5) is 0 Å². The SMILES string of the molecule is CC(C)=CCC1(C(=O)O)CCCC(C)C1. The number of allylic oxidation sites excluding steroid dienone is 2. The summed E-state index contributed by atoms with van der Waals surface area (Å²) in [5.41, 5.74) is 0.739. The first-order valence-electron chi connectivity index (χ1n) is 5.83. The van der Waals surface area contributed by atoms with Crippen molar-refractivity contribution in [2.75, 3.05) is 0 Å². The molecule has 2 unspecified atom stereocenters. The number of carboxylic acid groups (broad SMARTS) is 1. The molecule has 1 aliphatic carbocycles. The van der Waals surface area contributed by atoms with Crippen LogP contribution < -0.4 is 0 Å². The minimum atomic E-state index is -0.605. The summed E-state index contributed by atoms with van der Waals surface area (Å²) in [4.78, 5) is 11.4. The molecule has 1 N–H and O–H groups in total. The first-order valence-corrected chi connectivity index (χ1v) is 5.83. The predicted octanol–water partition coefficient (Wildman–Crippen LogP) is 3.62. The van der Waals surface area contributed by atoms with Gasteiger partial charge >= 0.3 is 5.97 Å². The summed E-state index contributed by atoms with van der Waals surface area (Å²) >= 11 is 0. The maximum Gasteiger partial charge on any atom is 0.309 e. The quantitative estimate of drug-likeness (QED) is 0.722. The van der Waals surface area contributed by atoms with E-state index < -0.39 is 11.4 Å². The van der Waals surface area contributed by atoms with E-state index in [-0.39, 0.29) is 0 Å². The Labute approximate surface area is 92.4 Å². The second kappa shape index (κ2) is 4.82. The Morgan fingerprint density at radius 3 is 2.67 bits per heavy atom. The van der Waals surface area contributed by atoms with Crippen LogP contribution >= 0.6 is 0 Å². The monoisotopic (exact) mass is 210 g/mol. The van der Waals surface area contributed by atoms with E-state index >= 15 is 0 Å². The highest BCUT2D eigenvalue weighted by atomic mass is 16.4. The molecule has 2 nitrogen and oxygen atoms in total. The highest BCUT2D eigenvalue weighted by Crippen LogP contribution is 2.42. The van der Waals surface area contributed by atoms with Crippen molar-refractivity contribution >= 4 is 5.97 Å². The van der Waals surface area contributed by atoms with Gasteiger partial charge in [0.25, 0.3) is 0 Å². The zero-order chi connectivity index (χ0) is 11.5. The minimum Gasteiger partial charge on any atom is -0.481 e. The van der Waals surface area contributed by atoms with Crippen molar-refractivity contribution in [2.45, 2.75) is 52.9 Å². The Morgan fingerprint density at radius 2 is 2.20 bits per heavy atom. The van der Waals surface area contributed by atoms with Gasteiger partial charge in [0, 0.05) is 0 Å². The highest BCUT2D eigenvalue weighted by Gasteiger charge is 2.40. The lowest BCUT2D eigenvalue weighted by molar-refractivity contribution is -0.151. The van der Waals surface area contributed by atoms with Gasteiger partial charge in [-0.2, -0.15) is 0 Å².